The maximum Gasteiger partial charge on any atom is 0.258 e. The molecule has 3 heterocycles. The summed E-state index contributed by atoms with van der Waals surface area (Å²) in [5, 5.41) is 3.27. The van der Waals surface area contributed by atoms with E-state index in [1.807, 2.05) is 29.0 Å². The molecule has 0 amide bonds. The average molecular weight is 269 g/mol. The molecule has 3 aromatic rings. The van der Waals surface area contributed by atoms with Crippen molar-refractivity contribution in [1.29, 1.82) is 0 Å². The van der Waals surface area contributed by atoms with Crippen LogP contribution in [0.2, 0.25) is 0 Å². The quantitative estimate of drug-likeness (QED) is 0.692. The van der Waals surface area contributed by atoms with E-state index in [1.54, 1.807) is 24.8 Å². The van der Waals surface area contributed by atoms with E-state index in [4.69, 9.17) is 0 Å². The first-order valence-corrected chi connectivity index (χ1v) is 6.47. The highest BCUT2D eigenvalue weighted by atomic mass is 16.1. The lowest BCUT2D eigenvalue weighted by Gasteiger charge is -2.06. The van der Waals surface area contributed by atoms with Crippen molar-refractivity contribution in [2.75, 3.05) is 6.54 Å². The third kappa shape index (κ3) is 2.75. The first kappa shape index (κ1) is 12.6. The van der Waals surface area contributed by atoms with Gasteiger partial charge in [-0.1, -0.05) is 6.07 Å². The zero-order chi connectivity index (χ0) is 13.8. The predicted molar refractivity (Wildman–Crippen MR) is 75.4 cm³/mol. The van der Waals surface area contributed by atoms with Gasteiger partial charge in [0, 0.05) is 44.3 Å². The van der Waals surface area contributed by atoms with Crippen LogP contribution in [0.4, 0.5) is 0 Å². The van der Waals surface area contributed by atoms with Crippen LogP contribution in [0.1, 0.15) is 5.69 Å². The molecule has 102 valence electrons. The van der Waals surface area contributed by atoms with Crippen LogP contribution in [-0.4, -0.2) is 25.5 Å². The molecule has 0 unspecified atom stereocenters. The molecule has 3 aromatic heterocycles. The highest BCUT2D eigenvalue weighted by Gasteiger charge is 2.01. The molecule has 0 saturated carbocycles. The van der Waals surface area contributed by atoms with E-state index >= 15 is 0 Å². The summed E-state index contributed by atoms with van der Waals surface area (Å²) >= 11 is 0. The van der Waals surface area contributed by atoms with Gasteiger partial charge in [0.05, 0.1) is 12.0 Å². The van der Waals surface area contributed by atoms with Crippen LogP contribution in [0.25, 0.3) is 5.65 Å². The molecule has 0 fully saturated rings. The van der Waals surface area contributed by atoms with Gasteiger partial charge in [-0.3, -0.25) is 9.20 Å². The van der Waals surface area contributed by atoms with Crippen molar-refractivity contribution in [1.82, 2.24) is 24.3 Å². The molecule has 0 bridgehead atoms. The highest BCUT2D eigenvalue weighted by molar-refractivity contribution is 5.37. The zero-order valence-electron chi connectivity index (χ0n) is 10.9. The van der Waals surface area contributed by atoms with Gasteiger partial charge in [0.1, 0.15) is 5.65 Å². The Labute approximate surface area is 115 Å². The summed E-state index contributed by atoms with van der Waals surface area (Å²) in [6.07, 6.45) is 7.18. The standard InChI is InChI=1S/C14H15N5O/c20-14-9-12(17-13-3-1-2-6-19(13)14)10-15-4-7-18-8-5-16-11-18/h1-3,5-6,8-9,11,15H,4,7,10H2. The van der Waals surface area contributed by atoms with Gasteiger partial charge in [0.15, 0.2) is 0 Å². The lowest BCUT2D eigenvalue weighted by molar-refractivity contribution is 0.592. The molecular formula is C14H15N5O. The van der Waals surface area contributed by atoms with E-state index in [2.05, 4.69) is 15.3 Å². The Bertz CT molecular complexity index is 748. The largest absolute Gasteiger partial charge is 0.336 e. The van der Waals surface area contributed by atoms with Crippen LogP contribution in [0.15, 0.2) is 54.0 Å². The number of pyridine rings is 1. The molecule has 0 aliphatic rings. The number of nitrogens with one attached hydrogen (secondary N) is 1. The van der Waals surface area contributed by atoms with Crippen molar-refractivity contribution in [2.24, 2.45) is 0 Å². The van der Waals surface area contributed by atoms with E-state index in [0.29, 0.717) is 12.2 Å². The summed E-state index contributed by atoms with van der Waals surface area (Å²) in [5.41, 5.74) is 1.38. The van der Waals surface area contributed by atoms with Crippen LogP contribution in [-0.2, 0) is 13.1 Å². The molecule has 6 heteroatoms. The molecular weight excluding hydrogens is 254 g/mol. The smallest absolute Gasteiger partial charge is 0.258 e. The van der Waals surface area contributed by atoms with E-state index in [-0.39, 0.29) is 5.56 Å². The molecule has 0 radical (unpaired) electrons. The minimum absolute atomic E-state index is 0.0537. The summed E-state index contributed by atoms with van der Waals surface area (Å²) in [4.78, 5) is 20.3. The fraction of sp³-hybridized carbons (Fsp3) is 0.214. The van der Waals surface area contributed by atoms with Crippen LogP contribution < -0.4 is 10.9 Å². The van der Waals surface area contributed by atoms with Gasteiger partial charge in [-0.2, -0.15) is 0 Å². The SMILES string of the molecule is O=c1cc(CNCCn2ccnc2)nc2ccccn12. The van der Waals surface area contributed by atoms with Crippen molar-refractivity contribution >= 4 is 5.65 Å². The number of imidazole rings is 1. The van der Waals surface area contributed by atoms with Crippen LogP contribution in [0.5, 0.6) is 0 Å². The van der Waals surface area contributed by atoms with E-state index < -0.39 is 0 Å². The molecule has 3 rings (SSSR count). The Hall–Kier alpha value is -2.47. The van der Waals surface area contributed by atoms with Crippen molar-refractivity contribution in [3.8, 4) is 0 Å². The van der Waals surface area contributed by atoms with Gasteiger partial charge in [-0.25, -0.2) is 9.97 Å². The predicted octanol–water partition coefficient (Wildman–Crippen LogP) is 0.681. The van der Waals surface area contributed by atoms with Crippen molar-refractivity contribution < 1.29 is 0 Å². The second kappa shape index (κ2) is 5.66. The molecule has 0 aliphatic heterocycles. The Morgan fingerprint density at radius 3 is 3.05 bits per heavy atom. The summed E-state index contributed by atoms with van der Waals surface area (Å²) in [6.45, 7) is 2.22. The van der Waals surface area contributed by atoms with Crippen LogP contribution >= 0.6 is 0 Å². The van der Waals surface area contributed by atoms with Gasteiger partial charge < -0.3 is 9.88 Å². The summed E-state index contributed by atoms with van der Waals surface area (Å²) < 4.78 is 3.53. The molecule has 0 atom stereocenters. The Kier molecular flexibility index (Phi) is 3.56. The first-order chi connectivity index (χ1) is 9.83. The third-order valence-electron chi connectivity index (χ3n) is 3.04. The van der Waals surface area contributed by atoms with Gasteiger partial charge in [0.25, 0.3) is 5.56 Å². The van der Waals surface area contributed by atoms with E-state index in [0.717, 1.165) is 18.8 Å². The van der Waals surface area contributed by atoms with E-state index in [9.17, 15) is 4.79 Å². The second-order valence-corrected chi connectivity index (χ2v) is 4.49. The highest BCUT2D eigenvalue weighted by Crippen LogP contribution is 1.98. The van der Waals surface area contributed by atoms with Crippen molar-refractivity contribution in [2.45, 2.75) is 13.1 Å². The lowest BCUT2D eigenvalue weighted by Crippen LogP contribution is -2.22. The van der Waals surface area contributed by atoms with Crippen molar-refractivity contribution in [3.63, 3.8) is 0 Å². The average Bonchev–Trinajstić information content (AvgIpc) is 2.97. The first-order valence-electron chi connectivity index (χ1n) is 6.47. The van der Waals surface area contributed by atoms with E-state index in [1.165, 1.54) is 4.40 Å². The molecule has 0 aliphatic carbocycles. The van der Waals surface area contributed by atoms with Crippen LogP contribution in [0, 0.1) is 0 Å². The number of fused-ring (bicyclic) bond motifs is 1. The van der Waals surface area contributed by atoms with Gasteiger partial charge in [-0.15, -0.1) is 0 Å². The fourth-order valence-electron chi connectivity index (χ4n) is 2.04. The van der Waals surface area contributed by atoms with Gasteiger partial charge >= 0.3 is 0 Å². The molecule has 0 aromatic carbocycles. The maximum atomic E-state index is 11.9. The van der Waals surface area contributed by atoms with Crippen LogP contribution in [0.3, 0.4) is 0 Å². The number of hydrogen-bond acceptors (Lipinski definition) is 4. The second-order valence-electron chi connectivity index (χ2n) is 4.49. The molecule has 0 saturated heterocycles. The Balaban J connectivity index is 1.64. The summed E-state index contributed by atoms with van der Waals surface area (Å²) in [7, 11) is 0. The number of rotatable bonds is 5. The monoisotopic (exact) mass is 269 g/mol. The molecule has 6 nitrogen and oxygen atoms in total. The Morgan fingerprint density at radius 1 is 1.25 bits per heavy atom. The van der Waals surface area contributed by atoms with Gasteiger partial charge in [0.2, 0.25) is 0 Å². The minimum atomic E-state index is -0.0537. The number of nitrogens with zero attached hydrogens (tertiary/aromatic N) is 4. The Morgan fingerprint density at radius 2 is 2.20 bits per heavy atom. The summed E-state index contributed by atoms with van der Waals surface area (Å²) in [5.74, 6) is 0. The maximum absolute atomic E-state index is 11.9. The minimum Gasteiger partial charge on any atom is -0.336 e. The summed E-state index contributed by atoms with van der Waals surface area (Å²) in [6, 6.07) is 7.09. The number of hydrogen-bond donors (Lipinski definition) is 1. The molecule has 0 spiro atoms. The fourth-order valence-corrected chi connectivity index (χ4v) is 2.04. The zero-order valence-corrected chi connectivity index (χ0v) is 10.9. The number of aromatic nitrogens is 4. The van der Waals surface area contributed by atoms with Crippen molar-refractivity contribution in [3.05, 3.63) is 65.2 Å². The molecule has 1 N–H and O–H groups in total. The topological polar surface area (TPSA) is 64.2 Å². The third-order valence-corrected chi connectivity index (χ3v) is 3.04. The normalized spacial score (nSPS) is 11.0. The van der Waals surface area contributed by atoms with Gasteiger partial charge in [-0.05, 0) is 12.1 Å². The molecule has 20 heavy (non-hydrogen) atoms. The lowest BCUT2D eigenvalue weighted by atomic mass is 10.3.